The summed E-state index contributed by atoms with van der Waals surface area (Å²) in [5.41, 5.74) is 1.10. The largest absolute Gasteiger partial charge is 0.457 e. The first-order valence-electron chi connectivity index (χ1n) is 6.02. The maximum absolute atomic E-state index is 12.8. The number of fused-ring (bicyclic) bond motifs is 1. The van der Waals surface area contributed by atoms with Gasteiger partial charge in [0.05, 0.1) is 0 Å². The Morgan fingerprint density at radius 2 is 1.79 bits per heavy atom. The van der Waals surface area contributed by atoms with Gasteiger partial charge in [-0.2, -0.15) is 0 Å². The number of hydrogen-bond donors (Lipinski definition) is 2. The van der Waals surface area contributed by atoms with Gasteiger partial charge in [-0.25, -0.2) is 4.39 Å². The molecule has 0 saturated heterocycles. The van der Waals surface area contributed by atoms with E-state index in [1.165, 1.54) is 12.1 Å². The SMILES string of the molecule is Fc1ccc(Oc2ccc3c(c2)SNCCN3)cc1. The van der Waals surface area contributed by atoms with Crippen LogP contribution in [0.15, 0.2) is 47.4 Å². The molecule has 1 aliphatic heterocycles. The third-order valence-corrected chi connectivity index (χ3v) is 3.63. The highest BCUT2D eigenvalue weighted by atomic mass is 32.2. The van der Waals surface area contributed by atoms with Gasteiger partial charge in [-0.3, -0.25) is 4.72 Å². The molecular formula is C14H13FN2OS. The van der Waals surface area contributed by atoms with Gasteiger partial charge < -0.3 is 10.1 Å². The van der Waals surface area contributed by atoms with E-state index >= 15 is 0 Å². The summed E-state index contributed by atoms with van der Waals surface area (Å²) in [5.74, 6) is 1.10. The first kappa shape index (κ1) is 12.3. The second-order valence-electron chi connectivity index (χ2n) is 4.14. The second kappa shape index (κ2) is 5.50. The summed E-state index contributed by atoms with van der Waals surface area (Å²) >= 11 is 1.58. The molecule has 2 aromatic rings. The van der Waals surface area contributed by atoms with Crippen LogP contribution in [0.4, 0.5) is 10.1 Å². The Morgan fingerprint density at radius 1 is 1.00 bits per heavy atom. The van der Waals surface area contributed by atoms with Crippen LogP contribution in [-0.2, 0) is 0 Å². The van der Waals surface area contributed by atoms with Crippen molar-refractivity contribution in [1.29, 1.82) is 0 Å². The minimum absolute atomic E-state index is 0.266. The average Bonchev–Trinajstić information content (AvgIpc) is 2.66. The Hall–Kier alpha value is -1.72. The molecular weight excluding hydrogens is 263 g/mol. The first-order valence-corrected chi connectivity index (χ1v) is 6.84. The van der Waals surface area contributed by atoms with Crippen LogP contribution in [0, 0.1) is 5.82 Å². The third kappa shape index (κ3) is 3.00. The Labute approximate surface area is 115 Å². The molecule has 98 valence electrons. The van der Waals surface area contributed by atoms with Gasteiger partial charge in [0.25, 0.3) is 0 Å². The van der Waals surface area contributed by atoms with E-state index in [0.717, 1.165) is 29.4 Å². The predicted molar refractivity (Wildman–Crippen MR) is 75.3 cm³/mol. The van der Waals surface area contributed by atoms with E-state index in [1.54, 1.807) is 24.1 Å². The van der Waals surface area contributed by atoms with Gasteiger partial charge in [0.1, 0.15) is 17.3 Å². The summed E-state index contributed by atoms with van der Waals surface area (Å²) in [6, 6.07) is 11.9. The van der Waals surface area contributed by atoms with Crippen LogP contribution in [-0.4, -0.2) is 13.1 Å². The van der Waals surface area contributed by atoms with E-state index in [4.69, 9.17) is 4.74 Å². The standard InChI is InChI=1S/C14H13FN2OS/c15-10-1-3-11(4-2-10)18-12-5-6-13-14(9-12)19-17-8-7-16-13/h1-6,9,16-17H,7-8H2. The highest BCUT2D eigenvalue weighted by Crippen LogP contribution is 2.32. The molecule has 0 saturated carbocycles. The Bertz CT molecular complexity index is 574. The molecule has 0 bridgehead atoms. The molecule has 19 heavy (non-hydrogen) atoms. The van der Waals surface area contributed by atoms with Gasteiger partial charge in [0.15, 0.2) is 0 Å². The Kier molecular flexibility index (Phi) is 3.57. The van der Waals surface area contributed by atoms with E-state index in [2.05, 4.69) is 10.0 Å². The lowest BCUT2D eigenvalue weighted by molar-refractivity contribution is 0.479. The van der Waals surface area contributed by atoms with E-state index in [0.29, 0.717) is 5.75 Å². The fraction of sp³-hybridized carbons (Fsp3) is 0.143. The molecule has 5 heteroatoms. The van der Waals surface area contributed by atoms with Crippen LogP contribution in [0.1, 0.15) is 0 Å². The molecule has 0 unspecified atom stereocenters. The first-order chi connectivity index (χ1) is 9.31. The van der Waals surface area contributed by atoms with Crippen molar-refractivity contribution < 1.29 is 9.13 Å². The summed E-state index contributed by atoms with van der Waals surface area (Å²) < 4.78 is 21.8. The molecule has 0 radical (unpaired) electrons. The highest BCUT2D eigenvalue weighted by molar-refractivity contribution is 7.97. The van der Waals surface area contributed by atoms with Gasteiger partial charge in [-0.15, -0.1) is 0 Å². The van der Waals surface area contributed by atoms with E-state index < -0.39 is 0 Å². The zero-order chi connectivity index (χ0) is 13.1. The third-order valence-electron chi connectivity index (χ3n) is 2.73. The van der Waals surface area contributed by atoms with Crippen molar-refractivity contribution in [3.8, 4) is 11.5 Å². The molecule has 0 spiro atoms. The number of rotatable bonds is 2. The molecule has 0 atom stereocenters. The predicted octanol–water partition coefficient (Wildman–Crippen LogP) is 3.64. The molecule has 0 aliphatic carbocycles. The van der Waals surface area contributed by atoms with Crippen molar-refractivity contribution >= 4 is 17.6 Å². The van der Waals surface area contributed by atoms with Crippen LogP contribution in [0.25, 0.3) is 0 Å². The maximum atomic E-state index is 12.8. The quantitative estimate of drug-likeness (QED) is 0.820. The lowest BCUT2D eigenvalue weighted by Gasteiger charge is -2.10. The number of ether oxygens (including phenoxy) is 1. The molecule has 2 N–H and O–H groups in total. The zero-order valence-corrected chi connectivity index (χ0v) is 11.0. The number of benzene rings is 2. The monoisotopic (exact) mass is 276 g/mol. The average molecular weight is 276 g/mol. The number of nitrogens with one attached hydrogen (secondary N) is 2. The maximum Gasteiger partial charge on any atom is 0.128 e. The van der Waals surface area contributed by atoms with Crippen molar-refractivity contribution in [2.45, 2.75) is 4.90 Å². The summed E-state index contributed by atoms with van der Waals surface area (Å²) in [7, 11) is 0. The fourth-order valence-electron chi connectivity index (χ4n) is 1.81. The van der Waals surface area contributed by atoms with E-state index in [9.17, 15) is 4.39 Å². The minimum atomic E-state index is -0.266. The van der Waals surface area contributed by atoms with Gasteiger partial charge in [0.2, 0.25) is 0 Å². The van der Waals surface area contributed by atoms with Crippen LogP contribution in [0.2, 0.25) is 0 Å². The number of halogens is 1. The van der Waals surface area contributed by atoms with Crippen LogP contribution in [0.5, 0.6) is 11.5 Å². The van der Waals surface area contributed by atoms with Crippen LogP contribution >= 0.6 is 11.9 Å². The van der Waals surface area contributed by atoms with Crippen molar-refractivity contribution in [3.63, 3.8) is 0 Å². The van der Waals surface area contributed by atoms with Crippen molar-refractivity contribution in [2.75, 3.05) is 18.4 Å². The Morgan fingerprint density at radius 3 is 2.63 bits per heavy atom. The minimum Gasteiger partial charge on any atom is -0.457 e. The summed E-state index contributed by atoms with van der Waals surface area (Å²) in [5, 5.41) is 3.34. The van der Waals surface area contributed by atoms with Crippen LogP contribution < -0.4 is 14.8 Å². The van der Waals surface area contributed by atoms with Gasteiger partial charge >= 0.3 is 0 Å². The lowest BCUT2D eigenvalue weighted by atomic mass is 10.3. The molecule has 0 amide bonds. The molecule has 2 aromatic carbocycles. The van der Waals surface area contributed by atoms with Crippen LogP contribution in [0.3, 0.4) is 0 Å². The highest BCUT2D eigenvalue weighted by Gasteiger charge is 2.09. The molecule has 0 aromatic heterocycles. The number of hydrogen-bond acceptors (Lipinski definition) is 4. The van der Waals surface area contributed by atoms with E-state index in [-0.39, 0.29) is 5.82 Å². The topological polar surface area (TPSA) is 33.3 Å². The lowest BCUT2D eigenvalue weighted by Crippen LogP contribution is -2.12. The van der Waals surface area contributed by atoms with Gasteiger partial charge in [-0.1, -0.05) is 0 Å². The summed E-state index contributed by atoms with van der Waals surface area (Å²) in [4.78, 5) is 1.09. The summed E-state index contributed by atoms with van der Waals surface area (Å²) in [6.07, 6.45) is 0. The van der Waals surface area contributed by atoms with Gasteiger partial charge in [-0.05, 0) is 54.4 Å². The smallest absolute Gasteiger partial charge is 0.128 e. The molecule has 3 rings (SSSR count). The number of anilines is 1. The zero-order valence-electron chi connectivity index (χ0n) is 10.2. The van der Waals surface area contributed by atoms with Crippen molar-refractivity contribution in [2.24, 2.45) is 0 Å². The molecule has 3 nitrogen and oxygen atoms in total. The summed E-state index contributed by atoms with van der Waals surface area (Å²) in [6.45, 7) is 1.81. The molecule has 1 heterocycles. The fourth-order valence-corrected chi connectivity index (χ4v) is 2.60. The molecule has 0 fully saturated rings. The van der Waals surface area contributed by atoms with Gasteiger partial charge in [0, 0.05) is 23.7 Å². The van der Waals surface area contributed by atoms with Crippen molar-refractivity contribution in [1.82, 2.24) is 4.72 Å². The second-order valence-corrected chi connectivity index (χ2v) is 5.07. The van der Waals surface area contributed by atoms with Crippen molar-refractivity contribution in [3.05, 3.63) is 48.3 Å². The molecule has 1 aliphatic rings. The Balaban J connectivity index is 1.81. The van der Waals surface area contributed by atoms with E-state index in [1.807, 2.05) is 18.2 Å². The normalized spacial score (nSPS) is 14.2.